The summed E-state index contributed by atoms with van der Waals surface area (Å²) in [6, 6.07) is 14.1. The number of carboxylic acid groups (broad SMARTS) is 1. The maximum atomic E-state index is 12.1. The lowest BCUT2D eigenvalue weighted by Crippen LogP contribution is -2.39. The van der Waals surface area contributed by atoms with E-state index >= 15 is 0 Å². The molecule has 0 fully saturated rings. The van der Waals surface area contributed by atoms with Crippen LogP contribution in [0, 0.1) is 0 Å². The van der Waals surface area contributed by atoms with E-state index in [1.165, 1.54) is 12.1 Å². The second-order valence-electron chi connectivity index (χ2n) is 5.69. The highest BCUT2D eigenvalue weighted by Gasteiger charge is 2.26. The summed E-state index contributed by atoms with van der Waals surface area (Å²) in [6.45, 7) is 1.03. The largest absolute Gasteiger partial charge is 0.494 e. The molecule has 2 aromatic rings. The van der Waals surface area contributed by atoms with Gasteiger partial charge in [0.25, 0.3) is 5.91 Å². The number of unbranched alkanes of at least 4 members (excludes halogenated alkanes) is 1. The van der Waals surface area contributed by atoms with Gasteiger partial charge in [-0.1, -0.05) is 18.2 Å². The van der Waals surface area contributed by atoms with Crippen molar-refractivity contribution in [1.29, 1.82) is 0 Å². The van der Waals surface area contributed by atoms with Crippen molar-refractivity contribution in [3.05, 3.63) is 54.1 Å². The van der Waals surface area contributed by atoms with Crippen LogP contribution in [0.1, 0.15) is 23.2 Å². The van der Waals surface area contributed by atoms with Gasteiger partial charge in [0.2, 0.25) is 0 Å². The van der Waals surface area contributed by atoms with Gasteiger partial charge in [0.15, 0.2) is 6.61 Å². The van der Waals surface area contributed by atoms with Crippen LogP contribution in [0.4, 0.5) is 5.69 Å². The fraction of sp³-hybridized carbons (Fsp3) is 0.263. The number of para-hydroxylation sites is 1. The van der Waals surface area contributed by atoms with E-state index in [1.807, 2.05) is 30.3 Å². The molecule has 0 saturated carbocycles. The Morgan fingerprint density at radius 2 is 1.96 bits per heavy atom. The lowest BCUT2D eigenvalue weighted by atomic mass is 10.1. The Kier molecular flexibility index (Phi) is 5.18. The Morgan fingerprint density at radius 3 is 2.72 bits per heavy atom. The Hall–Kier alpha value is -3.02. The van der Waals surface area contributed by atoms with Crippen molar-refractivity contribution in [2.45, 2.75) is 12.8 Å². The number of amides is 1. The molecule has 130 valence electrons. The normalized spacial score (nSPS) is 13.1. The summed E-state index contributed by atoms with van der Waals surface area (Å²) in [7, 11) is 0. The summed E-state index contributed by atoms with van der Waals surface area (Å²) in [5.41, 5.74) is 0.648. The topological polar surface area (TPSA) is 76.1 Å². The van der Waals surface area contributed by atoms with Crippen molar-refractivity contribution >= 4 is 17.6 Å². The average molecular weight is 341 g/mol. The summed E-state index contributed by atoms with van der Waals surface area (Å²) in [4.78, 5) is 24.9. The maximum absolute atomic E-state index is 12.1. The molecule has 1 aliphatic rings. The molecule has 1 N–H and O–H groups in total. The van der Waals surface area contributed by atoms with Crippen LogP contribution in [-0.4, -0.2) is 36.7 Å². The van der Waals surface area contributed by atoms with E-state index in [-0.39, 0.29) is 18.1 Å². The van der Waals surface area contributed by atoms with Crippen LogP contribution < -0.4 is 14.4 Å². The number of carboxylic acids is 1. The highest BCUT2D eigenvalue weighted by Crippen LogP contribution is 2.33. The molecule has 6 heteroatoms. The van der Waals surface area contributed by atoms with Crippen LogP contribution in [0.25, 0.3) is 0 Å². The van der Waals surface area contributed by atoms with Crippen LogP contribution in [0.2, 0.25) is 0 Å². The van der Waals surface area contributed by atoms with Gasteiger partial charge in [-0.2, -0.15) is 0 Å². The maximum Gasteiger partial charge on any atom is 0.335 e. The minimum absolute atomic E-state index is 0.0278. The molecule has 0 aliphatic carbocycles. The minimum Gasteiger partial charge on any atom is -0.494 e. The third-order valence-electron chi connectivity index (χ3n) is 3.94. The van der Waals surface area contributed by atoms with Gasteiger partial charge in [0.05, 0.1) is 17.9 Å². The first kappa shape index (κ1) is 16.8. The van der Waals surface area contributed by atoms with E-state index in [4.69, 9.17) is 14.6 Å². The number of rotatable bonds is 7. The second-order valence-corrected chi connectivity index (χ2v) is 5.69. The van der Waals surface area contributed by atoms with E-state index in [9.17, 15) is 9.59 Å². The van der Waals surface area contributed by atoms with E-state index in [0.29, 0.717) is 24.6 Å². The zero-order valence-corrected chi connectivity index (χ0v) is 13.7. The molecule has 0 aromatic heterocycles. The first-order valence-electron chi connectivity index (χ1n) is 8.13. The fourth-order valence-electron chi connectivity index (χ4n) is 2.66. The highest BCUT2D eigenvalue weighted by molar-refractivity contribution is 5.99. The predicted molar refractivity (Wildman–Crippen MR) is 92.4 cm³/mol. The predicted octanol–water partition coefficient (Wildman–Crippen LogP) is 2.97. The average Bonchev–Trinajstić information content (AvgIpc) is 2.63. The number of ether oxygens (including phenoxy) is 2. The molecule has 3 rings (SSSR count). The van der Waals surface area contributed by atoms with Crippen LogP contribution in [0.15, 0.2) is 48.5 Å². The first-order valence-corrected chi connectivity index (χ1v) is 8.13. The molecule has 1 aliphatic heterocycles. The van der Waals surface area contributed by atoms with Gasteiger partial charge in [0.1, 0.15) is 11.5 Å². The van der Waals surface area contributed by atoms with Gasteiger partial charge in [0, 0.05) is 6.54 Å². The lowest BCUT2D eigenvalue weighted by Gasteiger charge is -2.29. The van der Waals surface area contributed by atoms with E-state index in [0.717, 1.165) is 18.6 Å². The zero-order valence-electron chi connectivity index (χ0n) is 13.7. The van der Waals surface area contributed by atoms with Gasteiger partial charge in [-0.15, -0.1) is 0 Å². The smallest absolute Gasteiger partial charge is 0.335 e. The molecule has 2 aromatic carbocycles. The van der Waals surface area contributed by atoms with Crippen LogP contribution in [0.3, 0.4) is 0 Å². The Morgan fingerprint density at radius 1 is 1.16 bits per heavy atom. The quantitative estimate of drug-likeness (QED) is 0.784. The molecule has 0 spiro atoms. The molecule has 1 heterocycles. The standard InChI is InChI=1S/C19H19NO5/c21-18-13-25-17-9-8-14(19(22)23)12-16(17)20(18)10-4-5-11-24-15-6-2-1-3-7-15/h1-3,6-9,12H,4-5,10-11,13H2,(H,22,23). The Bertz CT molecular complexity index is 760. The van der Waals surface area contributed by atoms with Gasteiger partial charge in [-0.05, 0) is 43.2 Å². The van der Waals surface area contributed by atoms with Gasteiger partial charge in [-0.3, -0.25) is 4.79 Å². The fourth-order valence-corrected chi connectivity index (χ4v) is 2.66. The molecule has 0 atom stereocenters. The zero-order chi connectivity index (χ0) is 17.6. The number of carbonyl (C=O) groups excluding carboxylic acids is 1. The third kappa shape index (κ3) is 4.09. The first-order chi connectivity index (χ1) is 12.1. The Balaban J connectivity index is 1.58. The van der Waals surface area contributed by atoms with E-state index < -0.39 is 5.97 Å². The Labute approximate surface area is 145 Å². The van der Waals surface area contributed by atoms with Crippen molar-refractivity contribution in [3.63, 3.8) is 0 Å². The molecular formula is C19H19NO5. The van der Waals surface area contributed by atoms with Gasteiger partial charge in [-0.25, -0.2) is 4.79 Å². The minimum atomic E-state index is -1.03. The van der Waals surface area contributed by atoms with Crippen LogP contribution in [0.5, 0.6) is 11.5 Å². The summed E-state index contributed by atoms with van der Waals surface area (Å²) >= 11 is 0. The molecule has 6 nitrogen and oxygen atoms in total. The lowest BCUT2D eigenvalue weighted by molar-refractivity contribution is -0.121. The van der Waals surface area contributed by atoms with Crippen molar-refractivity contribution in [1.82, 2.24) is 0 Å². The molecule has 25 heavy (non-hydrogen) atoms. The van der Waals surface area contributed by atoms with E-state index in [1.54, 1.807) is 11.0 Å². The molecular weight excluding hydrogens is 322 g/mol. The number of hydrogen-bond acceptors (Lipinski definition) is 4. The van der Waals surface area contributed by atoms with E-state index in [2.05, 4.69) is 0 Å². The summed E-state index contributed by atoms with van der Waals surface area (Å²) in [6.07, 6.45) is 1.53. The highest BCUT2D eigenvalue weighted by atomic mass is 16.5. The summed E-state index contributed by atoms with van der Waals surface area (Å²) < 4.78 is 11.0. The number of aromatic carboxylic acids is 1. The number of benzene rings is 2. The molecule has 0 radical (unpaired) electrons. The summed E-state index contributed by atoms with van der Waals surface area (Å²) in [5.74, 6) is 0.155. The van der Waals surface area contributed by atoms with Crippen molar-refractivity contribution in [2.24, 2.45) is 0 Å². The summed E-state index contributed by atoms with van der Waals surface area (Å²) in [5, 5.41) is 9.13. The van der Waals surface area contributed by atoms with Crippen LogP contribution >= 0.6 is 0 Å². The van der Waals surface area contributed by atoms with Crippen LogP contribution in [-0.2, 0) is 4.79 Å². The van der Waals surface area contributed by atoms with Crippen molar-refractivity contribution in [3.8, 4) is 11.5 Å². The molecule has 0 bridgehead atoms. The number of anilines is 1. The molecule has 0 unspecified atom stereocenters. The molecule has 1 amide bonds. The van der Waals surface area contributed by atoms with Crippen molar-refractivity contribution < 1.29 is 24.2 Å². The third-order valence-corrected chi connectivity index (χ3v) is 3.94. The second kappa shape index (κ2) is 7.70. The SMILES string of the molecule is O=C(O)c1ccc2c(c1)N(CCCCOc1ccccc1)C(=O)CO2. The molecule has 0 saturated heterocycles. The van der Waals surface area contributed by atoms with Crippen molar-refractivity contribution in [2.75, 3.05) is 24.7 Å². The number of hydrogen-bond donors (Lipinski definition) is 1. The van der Waals surface area contributed by atoms with Gasteiger partial charge >= 0.3 is 5.97 Å². The number of carbonyl (C=O) groups is 2. The van der Waals surface area contributed by atoms with Gasteiger partial charge < -0.3 is 19.5 Å². The number of fused-ring (bicyclic) bond motifs is 1. The number of nitrogens with zero attached hydrogens (tertiary/aromatic N) is 1. The monoisotopic (exact) mass is 341 g/mol.